The molecule has 0 spiro atoms. The van der Waals surface area contributed by atoms with Crippen LogP contribution in [-0.4, -0.2) is 12.8 Å². The molecule has 0 amide bonds. The van der Waals surface area contributed by atoms with Gasteiger partial charge in [0.2, 0.25) is 5.71 Å². The second-order valence-corrected chi connectivity index (χ2v) is 2.74. The van der Waals surface area contributed by atoms with Gasteiger partial charge >= 0.3 is 0 Å². The summed E-state index contributed by atoms with van der Waals surface area (Å²) in [5.74, 6) is 0.767. The van der Waals surface area contributed by atoms with Gasteiger partial charge in [-0.05, 0) is 17.7 Å². The van der Waals surface area contributed by atoms with Gasteiger partial charge in [0.1, 0.15) is 17.9 Å². The monoisotopic (exact) mass is 199 g/mol. The van der Waals surface area contributed by atoms with Crippen molar-refractivity contribution in [1.29, 1.82) is 10.5 Å². The number of nitrogens with zero attached hydrogens (tertiary/aromatic N) is 3. The number of aliphatic imine (C=N–C) groups is 1. The zero-order chi connectivity index (χ0) is 11.1. The summed E-state index contributed by atoms with van der Waals surface area (Å²) in [6.45, 7) is 0.334. The van der Waals surface area contributed by atoms with Gasteiger partial charge in [0.05, 0.1) is 13.7 Å². The number of benzene rings is 1. The molecule has 0 saturated carbocycles. The molecule has 0 aromatic heterocycles. The summed E-state index contributed by atoms with van der Waals surface area (Å²) in [6.07, 6.45) is 0. The first-order valence-corrected chi connectivity index (χ1v) is 4.27. The zero-order valence-corrected chi connectivity index (χ0v) is 8.27. The summed E-state index contributed by atoms with van der Waals surface area (Å²) in [5, 5.41) is 16.9. The highest BCUT2D eigenvalue weighted by Crippen LogP contribution is 2.11. The third kappa shape index (κ3) is 3.13. The van der Waals surface area contributed by atoms with Crippen LogP contribution in [0, 0.1) is 22.7 Å². The predicted molar refractivity (Wildman–Crippen MR) is 55.4 cm³/mol. The summed E-state index contributed by atoms with van der Waals surface area (Å²) in [6, 6.07) is 10.7. The van der Waals surface area contributed by atoms with Gasteiger partial charge in [-0.3, -0.25) is 4.99 Å². The Hall–Kier alpha value is -2.33. The number of methoxy groups -OCH3 is 1. The summed E-state index contributed by atoms with van der Waals surface area (Å²) >= 11 is 0. The van der Waals surface area contributed by atoms with Gasteiger partial charge in [-0.1, -0.05) is 12.1 Å². The fourth-order valence-corrected chi connectivity index (χ4v) is 0.997. The summed E-state index contributed by atoms with van der Waals surface area (Å²) in [5.41, 5.74) is 0.824. The molecule has 0 fully saturated rings. The minimum absolute atomic E-state index is 0.106. The summed E-state index contributed by atoms with van der Waals surface area (Å²) < 4.78 is 5.00. The maximum atomic E-state index is 8.46. The predicted octanol–water partition coefficient (Wildman–Crippen LogP) is 1.68. The number of nitriles is 2. The van der Waals surface area contributed by atoms with Crippen LogP contribution in [0.25, 0.3) is 0 Å². The van der Waals surface area contributed by atoms with E-state index in [9.17, 15) is 0 Å². The fraction of sp³-hybridized carbons (Fsp3) is 0.182. The van der Waals surface area contributed by atoms with Crippen LogP contribution in [0.3, 0.4) is 0 Å². The minimum atomic E-state index is -0.106. The molecule has 0 bridgehead atoms. The SMILES string of the molecule is COc1ccc(CN=C(C#N)C#N)cc1. The molecule has 15 heavy (non-hydrogen) atoms. The van der Waals surface area contributed by atoms with Crippen LogP contribution in [0.5, 0.6) is 5.75 Å². The maximum absolute atomic E-state index is 8.46. The van der Waals surface area contributed by atoms with Gasteiger partial charge < -0.3 is 4.74 Å². The average Bonchev–Trinajstić information content (AvgIpc) is 2.31. The van der Waals surface area contributed by atoms with Gasteiger partial charge in [-0.2, -0.15) is 10.5 Å². The Morgan fingerprint density at radius 3 is 2.33 bits per heavy atom. The standard InChI is InChI=1S/C11H9N3O/c1-15-11-4-2-9(3-5-11)8-14-10(6-12)7-13/h2-5H,8H2,1H3. The van der Waals surface area contributed by atoms with Crippen molar-refractivity contribution in [2.45, 2.75) is 6.54 Å². The van der Waals surface area contributed by atoms with E-state index in [1.165, 1.54) is 0 Å². The second-order valence-electron chi connectivity index (χ2n) is 2.74. The molecule has 0 saturated heterocycles. The summed E-state index contributed by atoms with van der Waals surface area (Å²) in [4.78, 5) is 3.84. The molecule has 0 aliphatic heterocycles. The molecule has 0 N–H and O–H groups in total. The first kappa shape index (κ1) is 10.7. The van der Waals surface area contributed by atoms with Crippen molar-refractivity contribution in [1.82, 2.24) is 0 Å². The molecule has 1 rings (SSSR count). The maximum Gasteiger partial charge on any atom is 0.213 e. The second kappa shape index (κ2) is 5.41. The van der Waals surface area contributed by atoms with E-state index in [1.54, 1.807) is 19.2 Å². The highest BCUT2D eigenvalue weighted by Gasteiger charge is 1.95. The lowest BCUT2D eigenvalue weighted by Gasteiger charge is -2.00. The molecule has 0 aliphatic carbocycles. The minimum Gasteiger partial charge on any atom is -0.497 e. The molecule has 0 atom stereocenters. The number of hydrogen-bond donors (Lipinski definition) is 0. The van der Waals surface area contributed by atoms with Gasteiger partial charge in [0.15, 0.2) is 0 Å². The smallest absolute Gasteiger partial charge is 0.213 e. The van der Waals surface area contributed by atoms with E-state index in [4.69, 9.17) is 15.3 Å². The van der Waals surface area contributed by atoms with E-state index in [2.05, 4.69) is 4.99 Å². The van der Waals surface area contributed by atoms with Crippen molar-refractivity contribution in [3.63, 3.8) is 0 Å². The third-order valence-electron chi connectivity index (χ3n) is 1.79. The van der Waals surface area contributed by atoms with Crippen LogP contribution in [0.4, 0.5) is 0 Å². The Labute approximate surface area is 88.1 Å². The van der Waals surface area contributed by atoms with Crippen molar-refractivity contribution in [3.05, 3.63) is 29.8 Å². The molecule has 0 unspecified atom stereocenters. The summed E-state index contributed by atoms with van der Waals surface area (Å²) in [7, 11) is 1.59. The molecule has 4 nitrogen and oxygen atoms in total. The lowest BCUT2D eigenvalue weighted by atomic mass is 10.2. The van der Waals surface area contributed by atoms with Crippen molar-refractivity contribution >= 4 is 5.71 Å². The van der Waals surface area contributed by atoms with E-state index in [0.29, 0.717) is 6.54 Å². The molecular weight excluding hydrogens is 190 g/mol. The fourth-order valence-electron chi connectivity index (χ4n) is 0.997. The van der Waals surface area contributed by atoms with E-state index in [-0.39, 0.29) is 5.71 Å². The van der Waals surface area contributed by atoms with Gasteiger partial charge in [0.25, 0.3) is 0 Å². The van der Waals surface area contributed by atoms with Crippen LogP contribution in [0.15, 0.2) is 29.3 Å². The van der Waals surface area contributed by atoms with Crippen molar-refractivity contribution in [3.8, 4) is 17.9 Å². The van der Waals surface area contributed by atoms with Crippen LogP contribution in [0.2, 0.25) is 0 Å². The molecule has 0 aliphatic rings. The van der Waals surface area contributed by atoms with Crippen molar-refractivity contribution in [2.75, 3.05) is 7.11 Å². The highest BCUT2D eigenvalue weighted by molar-refractivity contribution is 6.10. The van der Waals surface area contributed by atoms with Gasteiger partial charge in [-0.25, -0.2) is 0 Å². The Bertz CT molecular complexity index is 418. The molecule has 1 aromatic carbocycles. The van der Waals surface area contributed by atoms with Gasteiger partial charge in [-0.15, -0.1) is 0 Å². The van der Waals surface area contributed by atoms with Crippen LogP contribution >= 0.6 is 0 Å². The Morgan fingerprint density at radius 1 is 1.27 bits per heavy atom. The molecule has 1 aromatic rings. The number of rotatable bonds is 3. The Morgan fingerprint density at radius 2 is 1.87 bits per heavy atom. The molecule has 74 valence electrons. The lowest BCUT2D eigenvalue weighted by Crippen LogP contribution is -1.91. The molecule has 0 radical (unpaired) electrons. The first-order chi connectivity index (χ1) is 7.30. The largest absolute Gasteiger partial charge is 0.497 e. The first-order valence-electron chi connectivity index (χ1n) is 4.27. The van der Waals surface area contributed by atoms with E-state index < -0.39 is 0 Å². The third-order valence-corrected chi connectivity index (χ3v) is 1.79. The van der Waals surface area contributed by atoms with E-state index in [0.717, 1.165) is 11.3 Å². The van der Waals surface area contributed by atoms with Crippen LogP contribution in [0.1, 0.15) is 5.56 Å². The highest BCUT2D eigenvalue weighted by atomic mass is 16.5. The molecule has 4 heteroatoms. The normalized spacial score (nSPS) is 8.47. The van der Waals surface area contributed by atoms with Crippen molar-refractivity contribution < 1.29 is 4.74 Å². The van der Waals surface area contributed by atoms with Gasteiger partial charge in [0, 0.05) is 0 Å². The quantitative estimate of drug-likeness (QED) is 0.695. The average molecular weight is 199 g/mol. The Balaban J connectivity index is 2.71. The number of hydrogen-bond acceptors (Lipinski definition) is 4. The molecular formula is C11H9N3O. The van der Waals surface area contributed by atoms with Crippen molar-refractivity contribution in [2.24, 2.45) is 4.99 Å². The van der Waals surface area contributed by atoms with Crippen LogP contribution in [-0.2, 0) is 6.54 Å². The topological polar surface area (TPSA) is 69.2 Å². The van der Waals surface area contributed by atoms with E-state index in [1.807, 2.05) is 24.3 Å². The zero-order valence-electron chi connectivity index (χ0n) is 8.27. The molecule has 0 heterocycles. The van der Waals surface area contributed by atoms with Crippen LogP contribution < -0.4 is 4.74 Å². The lowest BCUT2D eigenvalue weighted by molar-refractivity contribution is 0.414. The van der Waals surface area contributed by atoms with E-state index >= 15 is 0 Å². The Kier molecular flexibility index (Phi) is 3.88. The number of ether oxygens (including phenoxy) is 1.